The first-order valence-electron chi connectivity index (χ1n) is 8.13. The molecule has 7 heteroatoms. The van der Waals surface area contributed by atoms with E-state index in [0.29, 0.717) is 5.69 Å². The molecule has 1 aliphatic heterocycles. The van der Waals surface area contributed by atoms with Crippen LogP contribution in [0.5, 0.6) is 0 Å². The van der Waals surface area contributed by atoms with E-state index in [4.69, 9.17) is 9.47 Å². The summed E-state index contributed by atoms with van der Waals surface area (Å²) in [5.74, 6) is -4.28. The molecule has 0 saturated heterocycles. The van der Waals surface area contributed by atoms with E-state index >= 15 is 0 Å². The van der Waals surface area contributed by atoms with Gasteiger partial charge in [-0.25, -0.2) is 13.6 Å². The van der Waals surface area contributed by atoms with Crippen molar-refractivity contribution in [2.24, 2.45) is 0 Å². The number of carbonyl (C=O) groups excluding carboxylic acids is 2. The van der Waals surface area contributed by atoms with Gasteiger partial charge in [-0.2, -0.15) is 0 Å². The van der Waals surface area contributed by atoms with Crippen LogP contribution in [0.2, 0.25) is 0 Å². The Kier molecular flexibility index (Phi) is 5.30. The lowest BCUT2D eigenvalue weighted by molar-refractivity contribution is -0.139. The summed E-state index contributed by atoms with van der Waals surface area (Å²) in [5.41, 5.74) is 0.0477. The first-order valence-corrected chi connectivity index (χ1v) is 8.13. The van der Waals surface area contributed by atoms with Gasteiger partial charge in [-0.1, -0.05) is 30.3 Å². The Morgan fingerprint density at radius 2 is 1.89 bits per heavy atom. The van der Waals surface area contributed by atoms with Crippen LogP contribution >= 0.6 is 0 Å². The number of rotatable bonds is 5. The maximum absolute atomic E-state index is 13.9. The fourth-order valence-electron chi connectivity index (χ4n) is 2.43. The molecule has 2 aromatic carbocycles. The van der Waals surface area contributed by atoms with E-state index in [-0.39, 0.29) is 29.4 Å². The number of ether oxygens (including phenoxy) is 2. The summed E-state index contributed by atoms with van der Waals surface area (Å²) in [6.45, 7) is 1.66. The van der Waals surface area contributed by atoms with Crippen LogP contribution in [0.15, 0.2) is 65.7 Å². The zero-order valence-electron chi connectivity index (χ0n) is 14.3. The van der Waals surface area contributed by atoms with Crippen molar-refractivity contribution in [3.05, 3.63) is 82.9 Å². The predicted octanol–water partition coefficient (Wildman–Crippen LogP) is 3.79. The van der Waals surface area contributed by atoms with Crippen molar-refractivity contribution >= 4 is 23.5 Å². The van der Waals surface area contributed by atoms with E-state index in [2.05, 4.69) is 5.32 Å². The molecule has 0 bridgehead atoms. The second-order valence-electron chi connectivity index (χ2n) is 5.50. The molecule has 0 unspecified atom stereocenters. The molecule has 27 heavy (non-hydrogen) atoms. The molecule has 0 aromatic heterocycles. The quantitative estimate of drug-likeness (QED) is 0.492. The normalized spacial score (nSPS) is 15.1. The Morgan fingerprint density at radius 1 is 1.15 bits per heavy atom. The Hall–Kier alpha value is -3.48. The molecule has 0 fully saturated rings. The monoisotopic (exact) mass is 371 g/mol. The van der Waals surface area contributed by atoms with Crippen molar-refractivity contribution in [1.82, 2.24) is 0 Å². The third kappa shape index (κ3) is 3.87. The Morgan fingerprint density at radius 3 is 2.59 bits per heavy atom. The maximum atomic E-state index is 13.9. The Bertz CT molecular complexity index is 952. The van der Waals surface area contributed by atoms with Crippen molar-refractivity contribution in [2.45, 2.75) is 6.92 Å². The molecule has 0 aliphatic carbocycles. The van der Waals surface area contributed by atoms with Gasteiger partial charge in [0.05, 0.1) is 6.61 Å². The van der Waals surface area contributed by atoms with Crippen LogP contribution in [0.1, 0.15) is 12.5 Å². The molecule has 0 spiro atoms. The van der Waals surface area contributed by atoms with E-state index in [9.17, 15) is 18.4 Å². The highest BCUT2D eigenvalue weighted by Crippen LogP contribution is 2.29. The molecule has 0 saturated carbocycles. The van der Waals surface area contributed by atoms with Gasteiger partial charge in [0.2, 0.25) is 11.7 Å². The molecule has 5 nitrogen and oxygen atoms in total. The minimum Gasteiger partial charge on any atom is -0.462 e. The van der Waals surface area contributed by atoms with Crippen LogP contribution < -0.4 is 5.32 Å². The highest BCUT2D eigenvalue weighted by atomic mass is 19.2. The SMILES string of the molecule is CCOC(=O)C1=C(Nc2ccccc2)OC(=Cc2cccc(F)c2F)C1=O. The zero-order valence-corrected chi connectivity index (χ0v) is 14.3. The fraction of sp³-hybridized carbons (Fsp3) is 0.100. The van der Waals surface area contributed by atoms with Gasteiger partial charge in [-0.3, -0.25) is 4.79 Å². The maximum Gasteiger partial charge on any atom is 0.347 e. The van der Waals surface area contributed by atoms with Crippen molar-refractivity contribution < 1.29 is 27.8 Å². The molecular formula is C20H15F2NO4. The lowest BCUT2D eigenvalue weighted by Gasteiger charge is -2.08. The average Bonchev–Trinajstić information content (AvgIpc) is 2.95. The number of hydrogen-bond acceptors (Lipinski definition) is 5. The molecular weight excluding hydrogens is 356 g/mol. The van der Waals surface area contributed by atoms with Gasteiger partial charge in [0.25, 0.3) is 0 Å². The highest BCUT2D eigenvalue weighted by molar-refractivity contribution is 6.26. The number of carbonyl (C=O) groups is 2. The number of nitrogens with one attached hydrogen (secondary N) is 1. The van der Waals surface area contributed by atoms with Crippen LogP contribution in [0.25, 0.3) is 6.08 Å². The summed E-state index contributed by atoms with van der Waals surface area (Å²) >= 11 is 0. The number of hydrogen-bond donors (Lipinski definition) is 1. The molecule has 0 radical (unpaired) electrons. The molecule has 0 amide bonds. The van der Waals surface area contributed by atoms with Crippen LogP contribution in [-0.4, -0.2) is 18.4 Å². The van der Waals surface area contributed by atoms with E-state index in [0.717, 1.165) is 12.1 Å². The Labute approximate surface area is 153 Å². The standard InChI is InChI=1S/C20H15F2NO4/c1-2-26-20(25)16-18(24)15(11-12-7-6-10-14(21)17(12)22)27-19(16)23-13-8-4-3-5-9-13/h3-11,23H,2H2,1H3. The summed E-state index contributed by atoms with van der Waals surface area (Å²) in [5, 5.41) is 2.83. The van der Waals surface area contributed by atoms with Crippen molar-refractivity contribution in [2.75, 3.05) is 11.9 Å². The third-order valence-electron chi connectivity index (χ3n) is 3.67. The van der Waals surface area contributed by atoms with Gasteiger partial charge in [-0.05, 0) is 31.2 Å². The van der Waals surface area contributed by atoms with Gasteiger partial charge >= 0.3 is 5.97 Å². The van der Waals surface area contributed by atoms with Crippen molar-refractivity contribution in [3.63, 3.8) is 0 Å². The van der Waals surface area contributed by atoms with Gasteiger partial charge < -0.3 is 14.8 Å². The lowest BCUT2D eigenvalue weighted by Crippen LogP contribution is -2.16. The summed E-state index contributed by atoms with van der Waals surface area (Å²) < 4.78 is 37.6. The Balaban J connectivity index is 1.98. The molecule has 3 rings (SSSR count). The number of Topliss-reactive ketones (excluding diaryl/α,β-unsaturated/α-hetero) is 1. The number of halogens is 2. The van der Waals surface area contributed by atoms with Crippen LogP contribution in [0, 0.1) is 11.6 Å². The van der Waals surface area contributed by atoms with E-state index < -0.39 is 23.4 Å². The van der Waals surface area contributed by atoms with E-state index in [1.807, 2.05) is 0 Å². The van der Waals surface area contributed by atoms with Gasteiger partial charge in [0.1, 0.15) is 0 Å². The molecule has 1 N–H and O–H groups in total. The predicted molar refractivity (Wildman–Crippen MR) is 94.2 cm³/mol. The van der Waals surface area contributed by atoms with E-state index in [1.165, 1.54) is 12.1 Å². The molecule has 2 aromatic rings. The topological polar surface area (TPSA) is 64.6 Å². The number of allylic oxidation sites excluding steroid dienone is 1. The fourth-order valence-corrected chi connectivity index (χ4v) is 2.43. The van der Waals surface area contributed by atoms with Crippen molar-refractivity contribution in [1.29, 1.82) is 0 Å². The molecule has 138 valence electrons. The highest BCUT2D eigenvalue weighted by Gasteiger charge is 2.37. The average molecular weight is 371 g/mol. The first-order chi connectivity index (χ1) is 13.0. The second-order valence-corrected chi connectivity index (χ2v) is 5.50. The lowest BCUT2D eigenvalue weighted by atomic mass is 10.1. The number of ketones is 1. The number of anilines is 1. The second kappa shape index (κ2) is 7.82. The molecule has 0 atom stereocenters. The number of esters is 1. The zero-order chi connectivity index (χ0) is 19.4. The summed E-state index contributed by atoms with van der Waals surface area (Å²) in [7, 11) is 0. The van der Waals surface area contributed by atoms with Crippen LogP contribution in [0.4, 0.5) is 14.5 Å². The van der Waals surface area contributed by atoms with Crippen molar-refractivity contribution in [3.8, 4) is 0 Å². The van der Waals surface area contributed by atoms with Gasteiger partial charge in [0, 0.05) is 11.3 Å². The van der Waals surface area contributed by atoms with Crippen LogP contribution in [-0.2, 0) is 19.1 Å². The van der Waals surface area contributed by atoms with Gasteiger partial charge in [0.15, 0.2) is 23.0 Å². The molecule has 1 heterocycles. The number of benzene rings is 2. The third-order valence-corrected chi connectivity index (χ3v) is 3.67. The minimum atomic E-state index is -1.12. The van der Waals surface area contributed by atoms with Gasteiger partial charge in [-0.15, -0.1) is 0 Å². The summed E-state index contributed by atoms with van der Waals surface area (Å²) in [6, 6.07) is 12.3. The van der Waals surface area contributed by atoms with E-state index in [1.54, 1.807) is 37.3 Å². The minimum absolute atomic E-state index is 0.0613. The smallest absolute Gasteiger partial charge is 0.347 e. The van der Waals surface area contributed by atoms with Crippen LogP contribution in [0.3, 0.4) is 0 Å². The molecule has 1 aliphatic rings. The summed E-state index contributed by atoms with van der Waals surface area (Å²) in [6.07, 6.45) is 1.04. The largest absolute Gasteiger partial charge is 0.462 e. The number of para-hydroxylation sites is 1. The summed E-state index contributed by atoms with van der Waals surface area (Å²) in [4.78, 5) is 24.8. The first kappa shape index (κ1) is 18.3.